The Labute approximate surface area is 148 Å². The van der Waals surface area contributed by atoms with Crippen LogP contribution in [-0.2, 0) is 11.3 Å². The van der Waals surface area contributed by atoms with Crippen LogP contribution in [-0.4, -0.2) is 33.3 Å². The van der Waals surface area contributed by atoms with Crippen molar-refractivity contribution in [1.29, 1.82) is 0 Å². The summed E-state index contributed by atoms with van der Waals surface area (Å²) in [5, 5.41) is 6.06. The Morgan fingerprint density at radius 1 is 0.960 bits per heavy atom. The van der Waals surface area contributed by atoms with Gasteiger partial charge < -0.3 is 24.8 Å². The number of carbonyl (C=O) groups excluding carboxylic acids is 1. The van der Waals surface area contributed by atoms with Crippen LogP contribution in [0, 0.1) is 0 Å². The van der Waals surface area contributed by atoms with Crippen molar-refractivity contribution in [2.24, 2.45) is 0 Å². The molecule has 0 saturated carbocycles. The standard InChI is InChI=1S/C19H24N2O4/c1-13(21-15-7-10-17(24-3)18(11-15)25-4)19(22)20-12-14-5-8-16(23-2)9-6-14/h5-11,13,21H,12H2,1-4H3,(H,20,22)/t13-/m1/s1. The number of hydrogen-bond donors (Lipinski definition) is 2. The van der Waals surface area contributed by atoms with E-state index in [9.17, 15) is 4.79 Å². The van der Waals surface area contributed by atoms with Gasteiger partial charge in [-0.2, -0.15) is 0 Å². The molecule has 6 heteroatoms. The van der Waals surface area contributed by atoms with Crippen molar-refractivity contribution < 1.29 is 19.0 Å². The largest absolute Gasteiger partial charge is 0.497 e. The second-order valence-corrected chi connectivity index (χ2v) is 5.50. The fourth-order valence-corrected chi connectivity index (χ4v) is 2.33. The maximum Gasteiger partial charge on any atom is 0.242 e. The van der Waals surface area contributed by atoms with E-state index in [1.165, 1.54) is 0 Å². The molecule has 2 aromatic rings. The Kier molecular flexibility index (Phi) is 6.51. The number of methoxy groups -OCH3 is 3. The van der Waals surface area contributed by atoms with Crippen molar-refractivity contribution in [3.63, 3.8) is 0 Å². The van der Waals surface area contributed by atoms with E-state index >= 15 is 0 Å². The van der Waals surface area contributed by atoms with Crippen molar-refractivity contribution >= 4 is 11.6 Å². The Morgan fingerprint density at radius 2 is 1.64 bits per heavy atom. The van der Waals surface area contributed by atoms with Crippen molar-refractivity contribution in [2.75, 3.05) is 26.6 Å². The highest BCUT2D eigenvalue weighted by Crippen LogP contribution is 2.29. The fraction of sp³-hybridized carbons (Fsp3) is 0.316. The zero-order valence-corrected chi connectivity index (χ0v) is 15.0. The molecule has 0 saturated heterocycles. The number of anilines is 1. The second kappa shape index (κ2) is 8.82. The van der Waals surface area contributed by atoms with E-state index in [2.05, 4.69) is 10.6 Å². The number of amides is 1. The molecule has 1 atom stereocenters. The summed E-state index contributed by atoms with van der Waals surface area (Å²) in [7, 11) is 4.78. The highest BCUT2D eigenvalue weighted by molar-refractivity contribution is 5.84. The maximum absolute atomic E-state index is 12.3. The first-order chi connectivity index (χ1) is 12.1. The zero-order chi connectivity index (χ0) is 18.2. The number of hydrogen-bond acceptors (Lipinski definition) is 5. The van der Waals surface area contributed by atoms with E-state index < -0.39 is 6.04 Å². The average Bonchev–Trinajstić information content (AvgIpc) is 2.66. The molecule has 0 aromatic heterocycles. The minimum atomic E-state index is -0.392. The van der Waals surface area contributed by atoms with E-state index in [1.807, 2.05) is 30.3 Å². The van der Waals surface area contributed by atoms with Gasteiger partial charge in [-0.3, -0.25) is 4.79 Å². The molecule has 2 rings (SSSR count). The molecule has 2 aromatic carbocycles. The first-order valence-electron chi connectivity index (χ1n) is 7.96. The minimum Gasteiger partial charge on any atom is -0.497 e. The third kappa shape index (κ3) is 5.04. The molecule has 0 aliphatic carbocycles. The summed E-state index contributed by atoms with van der Waals surface area (Å²) in [6, 6.07) is 12.6. The Bertz CT molecular complexity index is 701. The van der Waals surface area contributed by atoms with E-state index in [-0.39, 0.29) is 5.91 Å². The van der Waals surface area contributed by atoms with Gasteiger partial charge in [-0.25, -0.2) is 0 Å². The third-order valence-electron chi connectivity index (χ3n) is 3.79. The number of benzene rings is 2. The predicted molar refractivity (Wildman–Crippen MR) is 97.5 cm³/mol. The summed E-state index contributed by atoms with van der Waals surface area (Å²) in [6.07, 6.45) is 0. The molecule has 0 bridgehead atoms. The average molecular weight is 344 g/mol. The Hall–Kier alpha value is -2.89. The van der Waals surface area contributed by atoms with Crippen LogP contribution in [0.5, 0.6) is 17.2 Å². The molecule has 2 N–H and O–H groups in total. The van der Waals surface area contributed by atoms with Crippen LogP contribution in [0.25, 0.3) is 0 Å². The topological polar surface area (TPSA) is 68.8 Å². The lowest BCUT2D eigenvalue weighted by molar-refractivity contribution is -0.121. The second-order valence-electron chi connectivity index (χ2n) is 5.50. The van der Waals surface area contributed by atoms with Crippen LogP contribution in [0.1, 0.15) is 12.5 Å². The first kappa shape index (κ1) is 18.4. The molecule has 1 amide bonds. The van der Waals surface area contributed by atoms with Gasteiger partial charge in [-0.15, -0.1) is 0 Å². The molecule has 25 heavy (non-hydrogen) atoms. The SMILES string of the molecule is COc1ccc(CNC(=O)[C@@H](C)Nc2ccc(OC)c(OC)c2)cc1. The van der Waals surface area contributed by atoms with Crippen LogP contribution in [0.4, 0.5) is 5.69 Å². The first-order valence-corrected chi connectivity index (χ1v) is 7.96. The Morgan fingerprint density at radius 3 is 2.24 bits per heavy atom. The molecular weight excluding hydrogens is 320 g/mol. The summed E-state index contributed by atoms with van der Waals surface area (Å²) in [5.41, 5.74) is 1.79. The van der Waals surface area contributed by atoms with Crippen LogP contribution < -0.4 is 24.8 Å². The van der Waals surface area contributed by atoms with Gasteiger partial charge in [0, 0.05) is 18.3 Å². The van der Waals surface area contributed by atoms with Gasteiger partial charge in [-0.1, -0.05) is 12.1 Å². The molecule has 0 unspecified atom stereocenters. The lowest BCUT2D eigenvalue weighted by Gasteiger charge is -2.17. The van der Waals surface area contributed by atoms with Gasteiger partial charge in [0.05, 0.1) is 21.3 Å². The van der Waals surface area contributed by atoms with E-state index in [0.717, 1.165) is 17.0 Å². The fourth-order valence-electron chi connectivity index (χ4n) is 2.33. The Balaban J connectivity index is 1.91. The predicted octanol–water partition coefficient (Wildman–Crippen LogP) is 2.83. The van der Waals surface area contributed by atoms with Crippen LogP contribution >= 0.6 is 0 Å². The summed E-state index contributed by atoms with van der Waals surface area (Å²) < 4.78 is 15.6. The molecule has 0 spiro atoms. The monoisotopic (exact) mass is 344 g/mol. The van der Waals surface area contributed by atoms with Gasteiger partial charge in [0.1, 0.15) is 11.8 Å². The van der Waals surface area contributed by atoms with Gasteiger partial charge in [0.2, 0.25) is 5.91 Å². The zero-order valence-electron chi connectivity index (χ0n) is 15.0. The number of ether oxygens (including phenoxy) is 3. The van der Waals surface area contributed by atoms with E-state index in [1.54, 1.807) is 40.4 Å². The number of nitrogens with one attached hydrogen (secondary N) is 2. The lowest BCUT2D eigenvalue weighted by Crippen LogP contribution is -2.37. The number of carbonyl (C=O) groups is 1. The summed E-state index contributed by atoms with van der Waals surface area (Å²) in [6.45, 7) is 2.26. The van der Waals surface area contributed by atoms with Crippen LogP contribution in [0.15, 0.2) is 42.5 Å². The quantitative estimate of drug-likeness (QED) is 0.771. The van der Waals surface area contributed by atoms with Crippen molar-refractivity contribution in [3.05, 3.63) is 48.0 Å². The highest BCUT2D eigenvalue weighted by Gasteiger charge is 2.13. The third-order valence-corrected chi connectivity index (χ3v) is 3.79. The molecule has 134 valence electrons. The smallest absolute Gasteiger partial charge is 0.242 e. The van der Waals surface area contributed by atoms with E-state index in [0.29, 0.717) is 18.0 Å². The molecule has 6 nitrogen and oxygen atoms in total. The summed E-state index contributed by atoms with van der Waals surface area (Å²) in [4.78, 5) is 12.3. The van der Waals surface area contributed by atoms with Gasteiger partial charge >= 0.3 is 0 Å². The van der Waals surface area contributed by atoms with Crippen molar-refractivity contribution in [1.82, 2.24) is 5.32 Å². The van der Waals surface area contributed by atoms with E-state index in [4.69, 9.17) is 14.2 Å². The minimum absolute atomic E-state index is 0.0920. The van der Waals surface area contributed by atoms with Crippen molar-refractivity contribution in [2.45, 2.75) is 19.5 Å². The van der Waals surface area contributed by atoms with Crippen LogP contribution in [0.2, 0.25) is 0 Å². The number of rotatable bonds is 8. The summed E-state index contributed by atoms with van der Waals surface area (Å²) in [5.74, 6) is 1.95. The lowest BCUT2D eigenvalue weighted by atomic mass is 10.2. The molecular formula is C19H24N2O4. The normalized spacial score (nSPS) is 11.4. The summed E-state index contributed by atoms with van der Waals surface area (Å²) >= 11 is 0. The van der Waals surface area contributed by atoms with Gasteiger partial charge in [0.25, 0.3) is 0 Å². The van der Waals surface area contributed by atoms with Crippen molar-refractivity contribution in [3.8, 4) is 17.2 Å². The van der Waals surface area contributed by atoms with Gasteiger partial charge in [-0.05, 0) is 36.8 Å². The highest BCUT2D eigenvalue weighted by atomic mass is 16.5. The molecule has 0 heterocycles. The maximum atomic E-state index is 12.3. The molecule has 0 fully saturated rings. The molecule has 0 aliphatic heterocycles. The van der Waals surface area contributed by atoms with Gasteiger partial charge in [0.15, 0.2) is 11.5 Å². The van der Waals surface area contributed by atoms with Crippen LogP contribution in [0.3, 0.4) is 0 Å². The molecule has 0 radical (unpaired) electrons. The molecule has 0 aliphatic rings.